The molecule has 4 N–H and O–H groups in total. The number of rotatable bonds is 12. The summed E-state index contributed by atoms with van der Waals surface area (Å²) in [5, 5.41) is 27.0. The summed E-state index contributed by atoms with van der Waals surface area (Å²) in [5.41, 5.74) is -0.893. The molecule has 0 spiro atoms. The van der Waals surface area contributed by atoms with Crippen molar-refractivity contribution in [2.75, 3.05) is 26.9 Å². The van der Waals surface area contributed by atoms with Gasteiger partial charge in [0.15, 0.2) is 11.5 Å². The van der Waals surface area contributed by atoms with Crippen LogP contribution in [-0.4, -0.2) is 59.7 Å². The van der Waals surface area contributed by atoms with Crippen LogP contribution in [0.4, 0.5) is 9.18 Å². The van der Waals surface area contributed by atoms with Crippen LogP contribution in [0.2, 0.25) is 0 Å². The number of aliphatic hydroxyl groups is 2. The molecule has 45 heavy (non-hydrogen) atoms. The normalized spacial score (nSPS) is 14.7. The number of nitrogens with zero attached hydrogens (tertiary/aromatic N) is 1. The highest BCUT2D eigenvalue weighted by atomic mass is 19.1. The first-order valence-corrected chi connectivity index (χ1v) is 14.9. The molecular weight excluding hydrogens is 581 g/mol. The van der Waals surface area contributed by atoms with Crippen LogP contribution >= 0.6 is 0 Å². The zero-order valence-electron chi connectivity index (χ0n) is 26.6. The average molecular weight is 624 g/mol. The number of aromatic nitrogens is 1. The van der Waals surface area contributed by atoms with Gasteiger partial charge in [0.25, 0.3) is 5.91 Å². The Morgan fingerprint density at radius 3 is 2.29 bits per heavy atom. The monoisotopic (exact) mass is 623 g/mol. The predicted octanol–water partition coefficient (Wildman–Crippen LogP) is 5.05. The molecule has 0 radical (unpaired) electrons. The Morgan fingerprint density at radius 2 is 1.69 bits per heavy atom. The molecule has 0 aliphatic heterocycles. The van der Waals surface area contributed by atoms with E-state index in [2.05, 4.69) is 10.6 Å². The van der Waals surface area contributed by atoms with E-state index in [1.54, 1.807) is 57.2 Å². The molecule has 1 atom stereocenters. The number of hydrogen-bond acceptors (Lipinski definition) is 8. The second kappa shape index (κ2) is 13.4. The number of carbonyl (C=O) groups excluding carboxylic acids is 2. The third-order valence-corrected chi connectivity index (χ3v) is 7.49. The summed E-state index contributed by atoms with van der Waals surface area (Å²) < 4.78 is 30.1. The van der Waals surface area contributed by atoms with Crippen LogP contribution in [0, 0.1) is 11.7 Å². The second-order valence-electron chi connectivity index (χ2n) is 12.7. The van der Waals surface area contributed by atoms with E-state index in [-0.39, 0.29) is 31.2 Å². The largest absolute Gasteiger partial charge is 0.493 e. The minimum Gasteiger partial charge on any atom is -0.493 e. The second-order valence-corrected chi connectivity index (χ2v) is 12.7. The van der Waals surface area contributed by atoms with Gasteiger partial charge in [0.1, 0.15) is 23.6 Å². The number of amides is 2. The van der Waals surface area contributed by atoms with E-state index in [1.165, 1.54) is 25.3 Å². The summed E-state index contributed by atoms with van der Waals surface area (Å²) in [6.45, 7) is 8.71. The molecule has 1 aromatic heterocycles. The van der Waals surface area contributed by atoms with Gasteiger partial charge in [0, 0.05) is 11.1 Å². The summed E-state index contributed by atoms with van der Waals surface area (Å²) >= 11 is 0. The van der Waals surface area contributed by atoms with Crippen LogP contribution in [0.25, 0.3) is 11.3 Å². The summed E-state index contributed by atoms with van der Waals surface area (Å²) in [6.07, 6.45) is 0.852. The van der Waals surface area contributed by atoms with Gasteiger partial charge in [0.05, 0.1) is 37.2 Å². The molecule has 3 aromatic rings. The fourth-order valence-electron chi connectivity index (χ4n) is 4.92. The third kappa shape index (κ3) is 8.49. The lowest BCUT2D eigenvalue weighted by molar-refractivity contribution is 0.00940. The highest BCUT2D eigenvalue weighted by Gasteiger charge is 2.47. The maximum absolute atomic E-state index is 13.8. The van der Waals surface area contributed by atoms with Crippen molar-refractivity contribution >= 4 is 12.0 Å². The topological polar surface area (TPSA) is 139 Å². The molecule has 1 aliphatic carbocycles. The van der Waals surface area contributed by atoms with E-state index in [9.17, 15) is 19.1 Å². The molecule has 1 saturated carbocycles. The van der Waals surface area contributed by atoms with Gasteiger partial charge in [0.2, 0.25) is 0 Å². The van der Waals surface area contributed by atoms with Crippen molar-refractivity contribution < 1.29 is 38.4 Å². The predicted molar refractivity (Wildman–Crippen MR) is 167 cm³/mol. The van der Waals surface area contributed by atoms with Gasteiger partial charge in [-0.3, -0.25) is 4.79 Å². The zero-order valence-corrected chi connectivity index (χ0v) is 26.6. The van der Waals surface area contributed by atoms with Gasteiger partial charge in [-0.25, -0.2) is 14.2 Å². The standard InChI is InChI=1S/C34H42FN3O7/c1-32(2,3)45-31(41)38-33(4,5)24-18-26(21-7-12-25(35)13-8-21)37-29(19-24)34(42,23-10-11-23)20-36-30(40)22-9-14-27(44-16-15-39)28(17-22)43-6/h7-9,12-14,17-19,23,39,42H,10-11,15-16,20H2,1-6H3,(H,36,40)(H,38,41). The zero-order chi connectivity index (χ0) is 33.0. The minimum atomic E-state index is -1.54. The first-order valence-electron chi connectivity index (χ1n) is 14.9. The first kappa shape index (κ1) is 33.7. The molecule has 1 unspecified atom stereocenters. The fourth-order valence-corrected chi connectivity index (χ4v) is 4.92. The lowest BCUT2D eigenvalue weighted by Gasteiger charge is -2.33. The molecule has 10 nitrogen and oxygen atoms in total. The summed E-state index contributed by atoms with van der Waals surface area (Å²) in [6, 6.07) is 14.0. The van der Waals surface area contributed by atoms with E-state index in [0.29, 0.717) is 34.0 Å². The van der Waals surface area contributed by atoms with Crippen LogP contribution in [-0.2, 0) is 15.9 Å². The maximum atomic E-state index is 13.8. The molecule has 242 valence electrons. The third-order valence-electron chi connectivity index (χ3n) is 7.49. The van der Waals surface area contributed by atoms with E-state index in [0.717, 1.165) is 12.8 Å². The van der Waals surface area contributed by atoms with Gasteiger partial charge in [-0.1, -0.05) is 0 Å². The Kier molecular flexibility index (Phi) is 10.0. The van der Waals surface area contributed by atoms with E-state index in [1.807, 2.05) is 13.8 Å². The van der Waals surface area contributed by atoms with Gasteiger partial charge in [-0.05, 0) is 114 Å². The highest BCUT2D eigenvalue weighted by Crippen LogP contribution is 2.46. The minimum absolute atomic E-state index is 0.0758. The van der Waals surface area contributed by atoms with E-state index in [4.69, 9.17) is 24.3 Å². The van der Waals surface area contributed by atoms with Crippen molar-refractivity contribution in [3.63, 3.8) is 0 Å². The number of aliphatic hydroxyl groups excluding tert-OH is 1. The molecule has 2 amide bonds. The average Bonchev–Trinajstić information content (AvgIpc) is 3.84. The Labute approximate surface area is 262 Å². The van der Waals surface area contributed by atoms with Crippen molar-refractivity contribution in [1.82, 2.24) is 15.6 Å². The Morgan fingerprint density at radius 1 is 1.00 bits per heavy atom. The number of pyridine rings is 1. The molecule has 1 fully saturated rings. The van der Waals surface area contributed by atoms with Crippen LogP contribution in [0.3, 0.4) is 0 Å². The molecule has 0 saturated heterocycles. The fraction of sp³-hybridized carbons (Fsp3) is 0.441. The lowest BCUT2D eigenvalue weighted by atomic mass is 9.87. The molecular formula is C34H42FN3O7. The Hall–Kier alpha value is -4.22. The smallest absolute Gasteiger partial charge is 0.408 e. The summed E-state index contributed by atoms with van der Waals surface area (Å²) in [7, 11) is 1.45. The number of halogens is 1. The number of methoxy groups -OCH3 is 1. The SMILES string of the molecule is COc1cc(C(=O)NCC(O)(c2cc(C(C)(C)NC(=O)OC(C)(C)C)cc(-c3ccc(F)cc3)n2)C2CC2)ccc1OCCO. The summed E-state index contributed by atoms with van der Waals surface area (Å²) in [5.74, 6) is -0.305. The highest BCUT2D eigenvalue weighted by molar-refractivity contribution is 5.95. The molecule has 0 bridgehead atoms. The molecule has 11 heteroatoms. The van der Waals surface area contributed by atoms with E-state index >= 15 is 0 Å². The van der Waals surface area contributed by atoms with Crippen LogP contribution in [0.1, 0.15) is 69.1 Å². The van der Waals surface area contributed by atoms with Crippen molar-refractivity contribution in [1.29, 1.82) is 0 Å². The molecule has 2 aromatic carbocycles. The Balaban J connectivity index is 1.68. The molecule has 1 heterocycles. The quantitative estimate of drug-likeness (QED) is 0.220. The van der Waals surface area contributed by atoms with Crippen molar-refractivity contribution in [2.24, 2.45) is 5.92 Å². The molecule has 1 aliphatic rings. The lowest BCUT2D eigenvalue weighted by Crippen LogP contribution is -2.45. The Bertz CT molecular complexity index is 1520. The van der Waals surface area contributed by atoms with Gasteiger partial charge in [-0.2, -0.15) is 0 Å². The van der Waals surface area contributed by atoms with Gasteiger partial charge in [-0.15, -0.1) is 0 Å². The number of alkyl carbamates (subject to hydrolysis) is 1. The maximum Gasteiger partial charge on any atom is 0.408 e. The number of nitrogens with one attached hydrogen (secondary N) is 2. The van der Waals surface area contributed by atoms with Crippen molar-refractivity contribution in [3.8, 4) is 22.8 Å². The van der Waals surface area contributed by atoms with Crippen LogP contribution < -0.4 is 20.1 Å². The first-order chi connectivity index (χ1) is 21.1. The number of hydrogen-bond donors (Lipinski definition) is 4. The van der Waals surface area contributed by atoms with Gasteiger partial charge < -0.3 is 35.1 Å². The number of carbonyl (C=O) groups is 2. The van der Waals surface area contributed by atoms with Crippen LogP contribution in [0.5, 0.6) is 11.5 Å². The van der Waals surface area contributed by atoms with Crippen molar-refractivity contribution in [3.05, 3.63) is 77.2 Å². The number of ether oxygens (including phenoxy) is 3. The van der Waals surface area contributed by atoms with E-state index < -0.39 is 34.6 Å². The molecule has 4 rings (SSSR count). The van der Waals surface area contributed by atoms with Crippen molar-refractivity contribution in [2.45, 2.75) is 64.2 Å². The summed E-state index contributed by atoms with van der Waals surface area (Å²) in [4.78, 5) is 30.8. The van der Waals surface area contributed by atoms with Crippen LogP contribution in [0.15, 0.2) is 54.6 Å². The number of benzene rings is 2. The van der Waals surface area contributed by atoms with Gasteiger partial charge >= 0.3 is 6.09 Å².